The van der Waals surface area contributed by atoms with Crippen molar-refractivity contribution in [1.29, 1.82) is 0 Å². The maximum Gasteiger partial charge on any atom is 0.319 e. The highest BCUT2D eigenvalue weighted by molar-refractivity contribution is 5.93. The van der Waals surface area contributed by atoms with Crippen LogP contribution in [0.3, 0.4) is 0 Å². The van der Waals surface area contributed by atoms with Crippen molar-refractivity contribution in [1.82, 2.24) is 5.32 Å². The van der Waals surface area contributed by atoms with Crippen LogP contribution in [-0.4, -0.2) is 24.5 Å². The van der Waals surface area contributed by atoms with Crippen LogP contribution in [0.25, 0.3) is 0 Å². The minimum absolute atomic E-state index is 0.0805. The van der Waals surface area contributed by atoms with Crippen molar-refractivity contribution in [3.05, 3.63) is 54.6 Å². The molecular weight excluding hydrogens is 316 g/mol. The molecule has 2 aromatic rings. The van der Waals surface area contributed by atoms with Crippen LogP contribution in [0.1, 0.15) is 19.3 Å². The Bertz CT molecular complexity index is 729. The van der Waals surface area contributed by atoms with E-state index in [0.29, 0.717) is 30.4 Å². The maximum atomic E-state index is 12.0. The number of carbonyl (C=O) groups excluding carboxylic acids is 2. The monoisotopic (exact) mass is 338 g/mol. The van der Waals surface area contributed by atoms with E-state index < -0.39 is 0 Å². The average molecular weight is 338 g/mol. The van der Waals surface area contributed by atoms with Crippen LogP contribution >= 0.6 is 0 Å². The predicted molar refractivity (Wildman–Crippen MR) is 99.8 cm³/mol. The fraction of sp³-hybridized carbons (Fsp3) is 0.263. The number of amides is 3. The predicted octanol–water partition coefficient (Wildman–Crippen LogP) is 3.41. The Kier molecular flexibility index (Phi) is 5.51. The Hall–Kier alpha value is -3.02. The number of rotatable bonds is 7. The van der Waals surface area contributed by atoms with Gasteiger partial charge in [-0.2, -0.15) is 0 Å². The molecule has 6 heteroatoms. The van der Waals surface area contributed by atoms with Crippen molar-refractivity contribution in [2.75, 3.05) is 22.5 Å². The molecule has 1 aliphatic carbocycles. The molecule has 6 nitrogen and oxygen atoms in total. The van der Waals surface area contributed by atoms with Crippen molar-refractivity contribution in [3.8, 4) is 0 Å². The van der Waals surface area contributed by atoms with Gasteiger partial charge in [-0.15, -0.1) is 0 Å². The molecule has 0 unspecified atom stereocenters. The van der Waals surface area contributed by atoms with Crippen LogP contribution in [0.15, 0.2) is 54.6 Å². The van der Waals surface area contributed by atoms with Gasteiger partial charge >= 0.3 is 6.03 Å². The highest BCUT2D eigenvalue weighted by Crippen LogP contribution is 2.19. The molecule has 3 rings (SSSR count). The number of carbonyl (C=O) groups is 2. The Labute approximate surface area is 147 Å². The van der Waals surface area contributed by atoms with Crippen molar-refractivity contribution in [2.24, 2.45) is 0 Å². The molecule has 1 aliphatic rings. The zero-order valence-electron chi connectivity index (χ0n) is 13.9. The number of urea groups is 1. The number of anilines is 3. The quantitative estimate of drug-likeness (QED) is 0.624. The molecular formula is C19H22N4O2. The van der Waals surface area contributed by atoms with E-state index in [0.717, 1.165) is 18.5 Å². The lowest BCUT2D eigenvalue weighted by Crippen LogP contribution is -2.30. The van der Waals surface area contributed by atoms with Gasteiger partial charge in [0.2, 0.25) is 5.91 Å². The first-order valence-electron chi connectivity index (χ1n) is 8.45. The third kappa shape index (κ3) is 5.84. The third-order valence-electron chi connectivity index (χ3n) is 3.77. The summed E-state index contributed by atoms with van der Waals surface area (Å²) in [6.45, 7) is 0.553. The Morgan fingerprint density at radius 2 is 1.56 bits per heavy atom. The van der Waals surface area contributed by atoms with Gasteiger partial charge in [-0.05, 0) is 43.2 Å². The lowest BCUT2D eigenvalue weighted by molar-refractivity contribution is -0.115. The Morgan fingerprint density at radius 3 is 2.28 bits per heavy atom. The van der Waals surface area contributed by atoms with E-state index in [1.807, 2.05) is 30.3 Å². The summed E-state index contributed by atoms with van der Waals surface area (Å²) in [4.78, 5) is 23.8. The van der Waals surface area contributed by atoms with Gasteiger partial charge in [0.1, 0.15) is 0 Å². The van der Waals surface area contributed by atoms with E-state index >= 15 is 0 Å². The number of para-hydroxylation sites is 1. The minimum atomic E-state index is -0.210. The van der Waals surface area contributed by atoms with Crippen LogP contribution < -0.4 is 21.3 Å². The molecule has 4 N–H and O–H groups in total. The lowest BCUT2D eigenvalue weighted by atomic mass is 10.2. The van der Waals surface area contributed by atoms with E-state index in [-0.39, 0.29) is 11.9 Å². The van der Waals surface area contributed by atoms with Crippen LogP contribution in [0.4, 0.5) is 21.9 Å². The molecule has 25 heavy (non-hydrogen) atoms. The SMILES string of the molecule is O=C(CCNc1ccccc1)Nc1cccc(NC(=O)NC2CC2)c1. The van der Waals surface area contributed by atoms with Crippen LogP contribution in [0, 0.1) is 0 Å². The van der Waals surface area contributed by atoms with Gasteiger partial charge in [0.15, 0.2) is 0 Å². The lowest BCUT2D eigenvalue weighted by Gasteiger charge is -2.10. The molecule has 0 radical (unpaired) electrons. The normalized spacial score (nSPS) is 13.0. The first-order chi connectivity index (χ1) is 12.2. The summed E-state index contributed by atoms with van der Waals surface area (Å²) < 4.78 is 0. The second-order valence-electron chi connectivity index (χ2n) is 6.04. The summed E-state index contributed by atoms with van der Waals surface area (Å²) in [5, 5.41) is 11.7. The summed E-state index contributed by atoms with van der Waals surface area (Å²) in [5.74, 6) is -0.0805. The second-order valence-corrected chi connectivity index (χ2v) is 6.04. The first kappa shape index (κ1) is 16.8. The molecule has 0 heterocycles. The van der Waals surface area contributed by atoms with Crippen LogP contribution in [0.5, 0.6) is 0 Å². The molecule has 0 saturated heterocycles. The molecule has 1 fully saturated rings. The number of benzene rings is 2. The van der Waals surface area contributed by atoms with Crippen molar-refractivity contribution in [3.63, 3.8) is 0 Å². The van der Waals surface area contributed by atoms with Crippen LogP contribution in [-0.2, 0) is 4.79 Å². The summed E-state index contributed by atoms with van der Waals surface area (Å²) in [6, 6.07) is 17.0. The molecule has 0 aliphatic heterocycles. The van der Waals surface area contributed by atoms with Gasteiger partial charge < -0.3 is 21.3 Å². The molecule has 0 spiro atoms. The van der Waals surface area contributed by atoms with Gasteiger partial charge in [0.05, 0.1) is 0 Å². The minimum Gasteiger partial charge on any atom is -0.385 e. The molecule has 0 atom stereocenters. The van der Waals surface area contributed by atoms with E-state index in [1.54, 1.807) is 24.3 Å². The average Bonchev–Trinajstić information content (AvgIpc) is 3.40. The van der Waals surface area contributed by atoms with Gasteiger partial charge in [0, 0.05) is 36.1 Å². The van der Waals surface area contributed by atoms with E-state index in [9.17, 15) is 9.59 Å². The number of nitrogens with one attached hydrogen (secondary N) is 4. The summed E-state index contributed by atoms with van der Waals surface area (Å²) in [7, 11) is 0. The highest BCUT2D eigenvalue weighted by Gasteiger charge is 2.23. The second kappa shape index (κ2) is 8.19. The summed E-state index contributed by atoms with van der Waals surface area (Å²) in [6.07, 6.45) is 2.44. The third-order valence-corrected chi connectivity index (χ3v) is 3.77. The largest absolute Gasteiger partial charge is 0.385 e. The zero-order chi connectivity index (χ0) is 17.5. The molecule has 3 amide bonds. The molecule has 2 aromatic carbocycles. The van der Waals surface area contributed by atoms with E-state index in [2.05, 4.69) is 21.3 Å². The van der Waals surface area contributed by atoms with Crippen molar-refractivity contribution in [2.45, 2.75) is 25.3 Å². The fourth-order valence-electron chi connectivity index (χ4n) is 2.35. The molecule has 0 bridgehead atoms. The van der Waals surface area contributed by atoms with Crippen LogP contribution in [0.2, 0.25) is 0 Å². The topological polar surface area (TPSA) is 82.3 Å². The molecule has 0 aromatic heterocycles. The molecule has 1 saturated carbocycles. The fourth-order valence-corrected chi connectivity index (χ4v) is 2.35. The molecule has 130 valence electrons. The standard InChI is InChI=1S/C19H22N4O2/c24-18(11-12-20-14-5-2-1-3-6-14)21-16-7-4-8-17(13-16)23-19(25)22-15-9-10-15/h1-8,13,15,20H,9-12H2,(H,21,24)(H2,22,23,25). The van der Waals surface area contributed by atoms with E-state index in [1.165, 1.54) is 0 Å². The Balaban J connectivity index is 1.44. The number of hydrogen-bond acceptors (Lipinski definition) is 3. The zero-order valence-corrected chi connectivity index (χ0v) is 13.9. The smallest absolute Gasteiger partial charge is 0.319 e. The van der Waals surface area contributed by atoms with Crippen molar-refractivity contribution >= 4 is 29.0 Å². The number of hydrogen-bond donors (Lipinski definition) is 4. The van der Waals surface area contributed by atoms with Gasteiger partial charge in [-0.1, -0.05) is 24.3 Å². The maximum absolute atomic E-state index is 12.0. The highest BCUT2D eigenvalue weighted by atomic mass is 16.2. The summed E-state index contributed by atoms with van der Waals surface area (Å²) in [5.41, 5.74) is 2.30. The van der Waals surface area contributed by atoms with Gasteiger partial charge in [-0.3, -0.25) is 4.79 Å². The first-order valence-corrected chi connectivity index (χ1v) is 8.45. The van der Waals surface area contributed by atoms with E-state index in [4.69, 9.17) is 0 Å². The Morgan fingerprint density at radius 1 is 0.880 bits per heavy atom. The van der Waals surface area contributed by atoms with Gasteiger partial charge in [-0.25, -0.2) is 4.79 Å². The van der Waals surface area contributed by atoms with Crippen molar-refractivity contribution < 1.29 is 9.59 Å². The van der Waals surface area contributed by atoms with Gasteiger partial charge in [0.25, 0.3) is 0 Å². The summed E-state index contributed by atoms with van der Waals surface area (Å²) >= 11 is 0.